The summed E-state index contributed by atoms with van der Waals surface area (Å²) in [5.74, 6) is 0.366. The van der Waals surface area contributed by atoms with Crippen LogP contribution in [0.4, 0.5) is 5.69 Å². The number of phenols is 1. The summed E-state index contributed by atoms with van der Waals surface area (Å²) < 4.78 is 0. The van der Waals surface area contributed by atoms with E-state index < -0.39 is 0 Å². The summed E-state index contributed by atoms with van der Waals surface area (Å²) in [6, 6.07) is 12.4. The predicted octanol–water partition coefficient (Wildman–Crippen LogP) is 4.75. The van der Waals surface area contributed by atoms with E-state index in [4.69, 9.17) is 0 Å². The van der Waals surface area contributed by atoms with Crippen LogP contribution in [0.5, 0.6) is 5.75 Å². The van der Waals surface area contributed by atoms with E-state index in [-0.39, 0.29) is 6.04 Å². The number of nitrogens with one attached hydrogen (secondary N) is 1. The van der Waals surface area contributed by atoms with Crippen molar-refractivity contribution in [2.24, 2.45) is 0 Å². The largest absolute Gasteiger partial charge is 0.508 e. The highest BCUT2D eigenvalue weighted by molar-refractivity contribution is 5.57. The lowest BCUT2D eigenvalue weighted by Gasteiger charge is -2.23. The molecule has 1 aliphatic carbocycles. The monoisotopic (exact) mass is 281 g/mol. The molecule has 0 aliphatic heterocycles. The van der Waals surface area contributed by atoms with Crippen LogP contribution in [-0.4, -0.2) is 5.11 Å². The van der Waals surface area contributed by atoms with Gasteiger partial charge in [-0.2, -0.15) is 0 Å². The second kappa shape index (κ2) is 5.80. The number of rotatable bonds is 3. The van der Waals surface area contributed by atoms with Crippen molar-refractivity contribution in [1.29, 1.82) is 0 Å². The minimum atomic E-state index is 0.0957. The van der Waals surface area contributed by atoms with Gasteiger partial charge >= 0.3 is 0 Å². The van der Waals surface area contributed by atoms with Gasteiger partial charge in [0.2, 0.25) is 0 Å². The highest BCUT2D eigenvalue weighted by Crippen LogP contribution is 2.32. The summed E-state index contributed by atoms with van der Waals surface area (Å²) in [6.07, 6.45) is 4.92. The molecule has 3 rings (SSSR count). The Morgan fingerprint density at radius 3 is 2.76 bits per heavy atom. The molecule has 0 spiro atoms. The van der Waals surface area contributed by atoms with Gasteiger partial charge in [0.15, 0.2) is 0 Å². The van der Waals surface area contributed by atoms with Gasteiger partial charge in [-0.05, 0) is 62.8 Å². The molecule has 2 aromatic carbocycles. The Labute approximate surface area is 126 Å². The molecule has 21 heavy (non-hydrogen) atoms. The van der Waals surface area contributed by atoms with Crippen molar-refractivity contribution in [2.45, 2.75) is 45.6 Å². The maximum absolute atomic E-state index is 10.1. The fourth-order valence-electron chi connectivity index (χ4n) is 3.25. The molecular weight excluding hydrogens is 258 g/mol. The number of anilines is 1. The summed E-state index contributed by atoms with van der Waals surface area (Å²) in [5.41, 5.74) is 6.30. The minimum Gasteiger partial charge on any atom is -0.508 e. The van der Waals surface area contributed by atoms with Crippen LogP contribution < -0.4 is 5.32 Å². The number of hydrogen-bond donors (Lipinski definition) is 2. The van der Waals surface area contributed by atoms with Crippen LogP contribution >= 0.6 is 0 Å². The zero-order valence-electron chi connectivity index (χ0n) is 12.8. The standard InChI is InChI=1S/C19H23NO/c1-13-10-11-19(21)17(12-13)14(2)20-18-9-5-7-15-6-3-4-8-16(15)18/h5,7,9-12,14,20-21H,3-4,6,8H2,1-2H3. The summed E-state index contributed by atoms with van der Waals surface area (Å²) in [6.45, 7) is 4.16. The van der Waals surface area contributed by atoms with Crippen LogP contribution in [0.1, 0.15) is 48.1 Å². The second-order valence-corrected chi connectivity index (χ2v) is 6.08. The third kappa shape index (κ3) is 2.90. The number of benzene rings is 2. The topological polar surface area (TPSA) is 32.3 Å². The molecule has 2 N–H and O–H groups in total. The molecule has 2 heteroatoms. The Hall–Kier alpha value is -1.96. The molecule has 0 aromatic heterocycles. The Kier molecular flexibility index (Phi) is 3.87. The average Bonchev–Trinajstić information content (AvgIpc) is 2.50. The van der Waals surface area contributed by atoms with Gasteiger partial charge in [-0.3, -0.25) is 0 Å². The number of aryl methyl sites for hydroxylation is 2. The first-order valence-corrected chi connectivity index (χ1v) is 7.82. The lowest BCUT2D eigenvalue weighted by Crippen LogP contribution is -2.12. The first-order valence-electron chi connectivity index (χ1n) is 7.82. The number of aromatic hydroxyl groups is 1. The van der Waals surface area contributed by atoms with E-state index in [9.17, 15) is 5.11 Å². The molecule has 0 saturated carbocycles. The van der Waals surface area contributed by atoms with Crippen molar-refractivity contribution in [3.8, 4) is 5.75 Å². The quantitative estimate of drug-likeness (QED) is 0.850. The van der Waals surface area contributed by atoms with Gasteiger partial charge in [0.05, 0.1) is 6.04 Å². The zero-order valence-corrected chi connectivity index (χ0v) is 12.8. The van der Waals surface area contributed by atoms with Gasteiger partial charge < -0.3 is 10.4 Å². The van der Waals surface area contributed by atoms with Crippen LogP contribution in [-0.2, 0) is 12.8 Å². The maximum Gasteiger partial charge on any atom is 0.120 e. The molecule has 0 fully saturated rings. The molecule has 0 radical (unpaired) electrons. The van der Waals surface area contributed by atoms with E-state index in [0.29, 0.717) is 5.75 Å². The molecule has 1 unspecified atom stereocenters. The van der Waals surface area contributed by atoms with Gasteiger partial charge in [-0.1, -0.05) is 29.8 Å². The van der Waals surface area contributed by atoms with E-state index in [2.05, 4.69) is 43.4 Å². The zero-order chi connectivity index (χ0) is 14.8. The second-order valence-electron chi connectivity index (χ2n) is 6.08. The minimum absolute atomic E-state index is 0.0957. The van der Waals surface area contributed by atoms with E-state index in [1.165, 1.54) is 41.6 Å². The van der Waals surface area contributed by atoms with Crippen LogP contribution in [0.25, 0.3) is 0 Å². The Morgan fingerprint density at radius 2 is 1.90 bits per heavy atom. The van der Waals surface area contributed by atoms with Gasteiger partial charge in [0.1, 0.15) is 5.75 Å². The van der Waals surface area contributed by atoms with Crippen molar-refractivity contribution >= 4 is 5.69 Å². The molecule has 110 valence electrons. The molecule has 1 aliphatic rings. The fraction of sp³-hybridized carbons (Fsp3) is 0.368. The van der Waals surface area contributed by atoms with Crippen LogP contribution in [0, 0.1) is 6.92 Å². The number of hydrogen-bond acceptors (Lipinski definition) is 2. The smallest absolute Gasteiger partial charge is 0.120 e. The maximum atomic E-state index is 10.1. The summed E-state index contributed by atoms with van der Waals surface area (Å²) in [4.78, 5) is 0. The van der Waals surface area contributed by atoms with Crippen LogP contribution in [0.3, 0.4) is 0 Å². The van der Waals surface area contributed by atoms with E-state index in [1.54, 1.807) is 6.07 Å². The van der Waals surface area contributed by atoms with Crippen molar-refractivity contribution in [3.05, 3.63) is 58.7 Å². The molecule has 0 amide bonds. The van der Waals surface area contributed by atoms with E-state index >= 15 is 0 Å². The lowest BCUT2D eigenvalue weighted by atomic mass is 9.90. The molecular formula is C19H23NO. The third-order valence-corrected chi connectivity index (χ3v) is 4.42. The Balaban J connectivity index is 1.88. The molecule has 2 nitrogen and oxygen atoms in total. The van der Waals surface area contributed by atoms with Gasteiger partial charge in [-0.25, -0.2) is 0 Å². The van der Waals surface area contributed by atoms with Gasteiger partial charge in [0, 0.05) is 11.3 Å². The molecule has 0 bridgehead atoms. The van der Waals surface area contributed by atoms with E-state index in [0.717, 1.165) is 12.0 Å². The SMILES string of the molecule is Cc1ccc(O)c(C(C)Nc2cccc3c2CCCC3)c1. The lowest BCUT2D eigenvalue weighted by molar-refractivity contribution is 0.465. The first kappa shape index (κ1) is 14.0. The molecule has 2 aromatic rings. The summed E-state index contributed by atoms with van der Waals surface area (Å²) in [5, 5.41) is 13.7. The highest BCUT2D eigenvalue weighted by Gasteiger charge is 2.16. The first-order chi connectivity index (χ1) is 10.1. The molecule has 0 heterocycles. The summed E-state index contributed by atoms with van der Waals surface area (Å²) in [7, 11) is 0. The average molecular weight is 281 g/mol. The molecule has 1 atom stereocenters. The van der Waals surface area contributed by atoms with Crippen molar-refractivity contribution in [1.82, 2.24) is 0 Å². The van der Waals surface area contributed by atoms with Crippen LogP contribution in [0.2, 0.25) is 0 Å². The normalized spacial score (nSPS) is 15.3. The third-order valence-electron chi connectivity index (χ3n) is 4.42. The number of fused-ring (bicyclic) bond motifs is 1. The Bertz CT molecular complexity index is 648. The van der Waals surface area contributed by atoms with Gasteiger partial charge in [-0.15, -0.1) is 0 Å². The van der Waals surface area contributed by atoms with Gasteiger partial charge in [0.25, 0.3) is 0 Å². The Morgan fingerprint density at radius 1 is 1.10 bits per heavy atom. The van der Waals surface area contributed by atoms with Crippen molar-refractivity contribution < 1.29 is 5.11 Å². The summed E-state index contributed by atoms with van der Waals surface area (Å²) >= 11 is 0. The van der Waals surface area contributed by atoms with Crippen LogP contribution in [0.15, 0.2) is 36.4 Å². The number of phenolic OH excluding ortho intramolecular Hbond substituents is 1. The van der Waals surface area contributed by atoms with Crippen molar-refractivity contribution in [3.63, 3.8) is 0 Å². The predicted molar refractivity (Wildman–Crippen MR) is 88.0 cm³/mol. The fourth-order valence-corrected chi connectivity index (χ4v) is 3.25. The van der Waals surface area contributed by atoms with E-state index in [1.807, 2.05) is 6.07 Å². The molecule has 0 saturated heterocycles. The highest BCUT2D eigenvalue weighted by atomic mass is 16.3. The van der Waals surface area contributed by atoms with Crippen molar-refractivity contribution in [2.75, 3.05) is 5.32 Å².